The summed E-state index contributed by atoms with van der Waals surface area (Å²) in [6.45, 7) is 3.76. The van der Waals surface area contributed by atoms with E-state index in [-0.39, 0.29) is 0 Å². The molecule has 1 aromatic rings. The lowest BCUT2D eigenvalue weighted by atomic mass is 10.5. The minimum Gasteiger partial charge on any atom is -0.366 e. The van der Waals surface area contributed by atoms with Gasteiger partial charge in [-0.3, -0.25) is 0 Å². The molecular formula is C8H15N3O. The second-order valence-electron chi connectivity index (χ2n) is 3.05. The number of nitrogens with one attached hydrogen (secondary N) is 1. The highest BCUT2D eigenvalue weighted by Gasteiger charge is 1.97. The van der Waals surface area contributed by atoms with Crippen LogP contribution in [0, 0.1) is 6.92 Å². The number of anilines is 1. The maximum absolute atomic E-state index is 4.90. The number of hydrogen-bond donors (Lipinski definition) is 1. The van der Waals surface area contributed by atoms with Gasteiger partial charge in [-0.05, 0) is 21.0 Å². The largest absolute Gasteiger partial charge is 0.366 e. The number of nitrogens with zero attached hydrogens (tertiary/aromatic N) is 2. The molecule has 0 radical (unpaired) electrons. The Morgan fingerprint density at radius 3 is 2.83 bits per heavy atom. The molecule has 0 aliphatic heterocycles. The molecule has 12 heavy (non-hydrogen) atoms. The number of hydrogen-bond acceptors (Lipinski definition) is 4. The van der Waals surface area contributed by atoms with Crippen LogP contribution >= 0.6 is 0 Å². The zero-order chi connectivity index (χ0) is 8.97. The van der Waals surface area contributed by atoms with Gasteiger partial charge in [-0.15, -0.1) is 0 Å². The van der Waals surface area contributed by atoms with Gasteiger partial charge in [-0.25, -0.2) is 0 Å². The van der Waals surface area contributed by atoms with Gasteiger partial charge in [-0.2, -0.15) is 0 Å². The molecule has 0 aliphatic rings. The molecule has 0 aliphatic carbocycles. The van der Waals surface area contributed by atoms with E-state index in [0.29, 0.717) is 0 Å². The van der Waals surface area contributed by atoms with Gasteiger partial charge in [0, 0.05) is 19.2 Å². The maximum Gasteiger partial charge on any atom is 0.169 e. The third-order valence-corrected chi connectivity index (χ3v) is 1.49. The van der Waals surface area contributed by atoms with Crippen LogP contribution in [0.3, 0.4) is 0 Å². The van der Waals surface area contributed by atoms with Crippen molar-refractivity contribution in [3.05, 3.63) is 11.8 Å². The zero-order valence-corrected chi connectivity index (χ0v) is 7.79. The third-order valence-electron chi connectivity index (χ3n) is 1.49. The molecule has 68 valence electrons. The van der Waals surface area contributed by atoms with Gasteiger partial charge in [0.05, 0.1) is 0 Å². The molecule has 0 saturated carbocycles. The molecule has 0 atom stereocenters. The number of rotatable bonds is 4. The number of aryl methyl sites for hydroxylation is 1. The van der Waals surface area contributed by atoms with Gasteiger partial charge >= 0.3 is 0 Å². The second-order valence-corrected chi connectivity index (χ2v) is 3.05. The number of aromatic nitrogens is 1. The molecule has 1 N–H and O–H groups in total. The summed E-state index contributed by atoms with van der Waals surface area (Å²) in [6.07, 6.45) is 0. The predicted octanol–water partition coefficient (Wildman–Crippen LogP) is 0.957. The van der Waals surface area contributed by atoms with E-state index in [9.17, 15) is 0 Å². The molecule has 0 fully saturated rings. The fourth-order valence-corrected chi connectivity index (χ4v) is 0.857. The van der Waals surface area contributed by atoms with Crippen molar-refractivity contribution in [3.8, 4) is 0 Å². The molecule has 0 bridgehead atoms. The van der Waals surface area contributed by atoms with Crippen molar-refractivity contribution < 1.29 is 4.52 Å². The summed E-state index contributed by atoms with van der Waals surface area (Å²) >= 11 is 0. The fraction of sp³-hybridized carbons (Fsp3) is 0.625. The van der Waals surface area contributed by atoms with Crippen LogP contribution < -0.4 is 5.32 Å². The third kappa shape index (κ3) is 2.92. The Balaban J connectivity index is 2.24. The van der Waals surface area contributed by atoms with Crippen LogP contribution in [0.1, 0.15) is 5.76 Å². The minimum absolute atomic E-state index is 0.814. The van der Waals surface area contributed by atoms with E-state index in [1.165, 1.54) is 0 Å². The molecule has 0 amide bonds. The molecule has 4 heteroatoms. The highest BCUT2D eigenvalue weighted by molar-refractivity contribution is 5.33. The van der Waals surface area contributed by atoms with Crippen molar-refractivity contribution in [3.63, 3.8) is 0 Å². The van der Waals surface area contributed by atoms with Crippen LogP contribution in [0.5, 0.6) is 0 Å². The summed E-state index contributed by atoms with van der Waals surface area (Å²) in [7, 11) is 4.07. The van der Waals surface area contributed by atoms with E-state index < -0.39 is 0 Å². The fourth-order valence-electron chi connectivity index (χ4n) is 0.857. The highest BCUT2D eigenvalue weighted by Crippen LogP contribution is 2.05. The van der Waals surface area contributed by atoms with Crippen LogP contribution in [-0.4, -0.2) is 37.2 Å². The SMILES string of the molecule is Cc1cc(NCCN(C)C)no1. The standard InChI is InChI=1S/C8H15N3O/c1-7-6-8(10-12-7)9-4-5-11(2)3/h6H,4-5H2,1-3H3,(H,9,10). The first-order valence-corrected chi connectivity index (χ1v) is 4.00. The molecule has 4 nitrogen and oxygen atoms in total. The quantitative estimate of drug-likeness (QED) is 0.728. The van der Waals surface area contributed by atoms with Gasteiger partial charge in [0.2, 0.25) is 0 Å². The first kappa shape index (κ1) is 9.06. The van der Waals surface area contributed by atoms with Crippen molar-refractivity contribution in [1.82, 2.24) is 10.1 Å². The Morgan fingerprint density at radius 2 is 2.33 bits per heavy atom. The molecular weight excluding hydrogens is 154 g/mol. The molecule has 0 aromatic carbocycles. The predicted molar refractivity (Wildman–Crippen MR) is 48.3 cm³/mol. The van der Waals surface area contributed by atoms with E-state index >= 15 is 0 Å². The smallest absolute Gasteiger partial charge is 0.169 e. The van der Waals surface area contributed by atoms with Crippen LogP contribution in [-0.2, 0) is 0 Å². The second kappa shape index (κ2) is 4.11. The Labute approximate surface area is 72.5 Å². The summed E-state index contributed by atoms with van der Waals surface area (Å²) in [6, 6.07) is 1.88. The van der Waals surface area contributed by atoms with Crippen molar-refractivity contribution in [1.29, 1.82) is 0 Å². The normalized spacial score (nSPS) is 10.7. The van der Waals surface area contributed by atoms with Crippen molar-refractivity contribution in [2.24, 2.45) is 0 Å². The van der Waals surface area contributed by atoms with Crippen molar-refractivity contribution in [2.75, 3.05) is 32.5 Å². The summed E-state index contributed by atoms with van der Waals surface area (Å²) in [5, 5.41) is 6.96. The van der Waals surface area contributed by atoms with E-state index in [0.717, 1.165) is 24.7 Å². The lowest BCUT2D eigenvalue weighted by Gasteiger charge is -2.08. The molecule has 1 aromatic heterocycles. The Bertz CT molecular complexity index is 232. The maximum atomic E-state index is 4.90. The van der Waals surface area contributed by atoms with Crippen LogP contribution in [0.15, 0.2) is 10.6 Å². The summed E-state index contributed by atoms with van der Waals surface area (Å²) in [4.78, 5) is 2.11. The van der Waals surface area contributed by atoms with Crippen LogP contribution in [0.4, 0.5) is 5.82 Å². The monoisotopic (exact) mass is 169 g/mol. The zero-order valence-electron chi connectivity index (χ0n) is 7.79. The van der Waals surface area contributed by atoms with Crippen LogP contribution in [0.25, 0.3) is 0 Å². The lowest BCUT2D eigenvalue weighted by Crippen LogP contribution is -2.20. The first-order valence-electron chi connectivity index (χ1n) is 4.00. The van der Waals surface area contributed by atoms with Gasteiger partial charge in [-0.1, -0.05) is 5.16 Å². The van der Waals surface area contributed by atoms with E-state index in [4.69, 9.17) is 4.52 Å². The Hall–Kier alpha value is -1.03. The first-order chi connectivity index (χ1) is 5.68. The average molecular weight is 169 g/mol. The summed E-state index contributed by atoms with van der Waals surface area (Å²) in [5.74, 6) is 1.65. The van der Waals surface area contributed by atoms with Crippen LogP contribution in [0.2, 0.25) is 0 Å². The van der Waals surface area contributed by atoms with Gasteiger partial charge in [0.15, 0.2) is 5.82 Å². The van der Waals surface area contributed by atoms with E-state index in [1.54, 1.807) is 0 Å². The molecule has 1 heterocycles. The lowest BCUT2D eigenvalue weighted by molar-refractivity contribution is 0.397. The summed E-state index contributed by atoms with van der Waals surface area (Å²) in [5.41, 5.74) is 0. The van der Waals surface area contributed by atoms with Crippen molar-refractivity contribution >= 4 is 5.82 Å². The Morgan fingerprint density at radius 1 is 1.58 bits per heavy atom. The van der Waals surface area contributed by atoms with Gasteiger partial charge in [0.1, 0.15) is 5.76 Å². The number of likely N-dealkylation sites (N-methyl/N-ethyl adjacent to an activating group) is 1. The minimum atomic E-state index is 0.814. The topological polar surface area (TPSA) is 41.3 Å². The molecule has 0 unspecified atom stereocenters. The van der Waals surface area contributed by atoms with E-state index in [1.807, 2.05) is 27.1 Å². The Kier molecular flexibility index (Phi) is 3.10. The summed E-state index contributed by atoms with van der Waals surface area (Å²) < 4.78 is 4.90. The average Bonchev–Trinajstić information content (AvgIpc) is 2.35. The van der Waals surface area contributed by atoms with Crippen molar-refractivity contribution in [2.45, 2.75) is 6.92 Å². The molecule has 0 saturated heterocycles. The van der Waals surface area contributed by atoms with Gasteiger partial charge < -0.3 is 14.7 Å². The molecule has 0 spiro atoms. The van der Waals surface area contributed by atoms with Gasteiger partial charge in [0.25, 0.3) is 0 Å². The highest BCUT2D eigenvalue weighted by atomic mass is 16.5. The molecule has 1 rings (SSSR count). The van der Waals surface area contributed by atoms with E-state index in [2.05, 4.69) is 15.4 Å².